The van der Waals surface area contributed by atoms with Crippen molar-refractivity contribution in [1.29, 1.82) is 0 Å². The van der Waals surface area contributed by atoms with E-state index in [1.165, 1.54) is 11.3 Å². The molecule has 1 aromatic carbocycles. The third-order valence-electron chi connectivity index (χ3n) is 2.75. The smallest absolute Gasteiger partial charge is 0.195 e. The number of benzene rings is 1. The van der Waals surface area contributed by atoms with Gasteiger partial charge in [0, 0.05) is 11.1 Å². The summed E-state index contributed by atoms with van der Waals surface area (Å²) in [6, 6.07) is 7.68. The standard InChI is InChI=1S/C13H10Br2OS/c1-7-4-3-5-9(8(7)2)12(16)10-6-11(14)17-13(10)15/h3-6H,1-2H3. The van der Waals surface area contributed by atoms with Crippen LogP contribution in [-0.4, -0.2) is 5.78 Å². The van der Waals surface area contributed by atoms with Crippen molar-refractivity contribution in [2.75, 3.05) is 0 Å². The summed E-state index contributed by atoms with van der Waals surface area (Å²) in [4.78, 5) is 12.4. The zero-order valence-electron chi connectivity index (χ0n) is 9.38. The van der Waals surface area contributed by atoms with Crippen LogP contribution >= 0.6 is 43.2 Å². The zero-order valence-corrected chi connectivity index (χ0v) is 13.4. The second kappa shape index (κ2) is 5.04. The average Bonchev–Trinajstić information content (AvgIpc) is 2.61. The fraction of sp³-hybridized carbons (Fsp3) is 0.154. The molecule has 0 spiro atoms. The van der Waals surface area contributed by atoms with Crippen LogP contribution in [0.1, 0.15) is 27.0 Å². The van der Waals surface area contributed by atoms with Gasteiger partial charge in [-0.2, -0.15) is 0 Å². The Hall–Kier alpha value is -0.450. The minimum atomic E-state index is 0.0695. The van der Waals surface area contributed by atoms with Gasteiger partial charge in [-0.25, -0.2) is 0 Å². The number of rotatable bonds is 2. The molecule has 88 valence electrons. The Kier molecular flexibility index (Phi) is 3.85. The summed E-state index contributed by atoms with van der Waals surface area (Å²) >= 11 is 8.33. The van der Waals surface area contributed by atoms with E-state index >= 15 is 0 Å². The monoisotopic (exact) mass is 372 g/mol. The van der Waals surface area contributed by atoms with E-state index in [-0.39, 0.29) is 5.78 Å². The molecule has 0 saturated carbocycles. The van der Waals surface area contributed by atoms with Gasteiger partial charge in [0.05, 0.1) is 7.57 Å². The number of aryl methyl sites for hydroxylation is 1. The molecule has 2 aromatic rings. The van der Waals surface area contributed by atoms with E-state index < -0.39 is 0 Å². The van der Waals surface area contributed by atoms with E-state index in [4.69, 9.17) is 0 Å². The third kappa shape index (κ3) is 2.54. The lowest BCUT2D eigenvalue weighted by atomic mass is 9.98. The predicted molar refractivity (Wildman–Crippen MR) is 79.1 cm³/mol. The van der Waals surface area contributed by atoms with Crippen molar-refractivity contribution < 1.29 is 4.79 Å². The molecule has 0 amide bonds. The van der Waals surface area contributed by atoms with E-state index in [0.29, 0.717) is 0 Å². The van der Waals surface area contributed by atoms with Gasteiger partial charge in [-0.05, 0) is 62.9 Å². The van der Waals surface area contributed by atoms with E-state index in [1.807, 2.05) is 38.1 Å². The van der Waals surface area contributed by atoms with Crippen LogP contribution in [0, 0.1) is 13.8 Å². The normalized spacial score (nSPS) is 10.6. The molecule has 0 atom stereocenters. The third-order valence-corrected chi connectivity index (χ3v) is 5.09. The maximum absolute atomic E-state index is 12.4. The summed E-state index contributed by atoms with van der Waals surface area (Å²) < 4.78 is 1.83. The number of thiophene rings is 1. The summed E-state index contributed by atoms with van der Waals surface area (Å²) in [6.45, 7) is 4.00. The van der Waals surface area contributed by atoms with Gasteiger partial charge in [-0.1, -0.05) is 18.2 Å². The SMILES string of the molecule is Cc1cccc(C(=O)c2cc(Br)sc2Br)c1C. The van der Waals surface area contributed by atoms with E-state index in [0.717, 1.165) is 29.8 Å². The summed E-state index contributed by atoms with van der Waals surface area (Å²) in [7, 11) is 0. The van der Waals surface area contributed by atoms with Crippen molar-refractivity contribution in [3.63, 3.8) is 0 Å². The van der Waals surface area contributed by atoms with Crippen LogP contribution in [-0.2, 0) is 0 Å². The molecular formula is C13H10Br2OS. The van der Waals surface area contributed by atoms with Crippen molar-refractivity contribution in [1.82, 2.24) is 0 Å². The van der Waals surface area contributed by atoms with Gasteiger partial charge in [0.15, 0.2) is 5.78 Å². The van der Waals surface area contributed by atoms with Crippen molar-refractivity contribution in [2.24, 2.45) is 0 Å². The lowest BCUT2D eigenvalue weighted by molar-refractivity contribution is 0.103. The average molecular weight is 374 g/mol. The second-order valence-corrected chi connectivity index (χ2v) is 7.56. The van der Waals surface area contributed by atoms with Gasteiger partial charge in [0.1, 0.15) is 0 Å². The highest BCUT2D eigenvalue weighted by atomic mass is 79.9. The first kappa shape index (κ1) is 13.0. The lowest BCUT2D eigenvalue weighted by Crippen LogP contribution is -2.04. The summed E-state index contributed by atoms with van der Waals surface area (Å²) in [5, 5.41) is 0. The Morgan fingerprint density at radius 3 is 2.47 bits per heavy atom. The minimum absolute atomic E-state index is 0.0695. The fourth-order valence-electron chi connectivity index (χ4n) is 1.64. The number of carbonyl (C=O) groups excluding carboxylic acids is 1. The molecule has 0 aliphatic carbocycles. The van der Waals surface area contributed by atoms with Gasteiger partial charge < -0.3 is 0 Å². The first-order valence-electron chi connectivity index (χ1n) is 5.06. The van der Waals surface area contributed by atoms with E-state index in [1.54, 1.807) is 0 Å². The quantitative estimate of drug-likeness (QED) is 0.667. The van der Waals surface area contributed by atoms with E-state index in [9.17, 15) is 4.79 Å². The minimum Gasteiger partial charge on any atom is -0.289 e. The molecule has 0 fully saturated rings. The first-order valence-corrected chi connectivity index (χ1v) is 7.46. The fourth-order valence-corrected chi connectivity index (χ4v) is 4.43. The van der Waals surface area contributed by atoms with Crippen LogP contribution in [0.2, 0.25) is 0 Å². The van der Waals surface area contributed by atoms with Crippen LogP contribution in [0.3, 0.4) is 0 Å². The van der Waals surface area contributed by atoms with Crippen molar-refractivity contribution in [2.45, 2.75) is 13.8 Å². The van der Waals surface area contributed by atoms with Crippen LogP contribution < -0.4 is 0 Å². The molecule has 0 unspecified atom stereocenters. The van der Waals surface area contributed by atoms with Gasteiger partial charge >= 0.3 is 0 Å². The largest absolute Gasteiger partial charge is 0.289 e. The molecule has 1 heterocycles. The van der Waals surface area contributed by atoms with Gasteiger partial charge in [-0.3, -0.25) is 4.79 Å². The zero-order chi connectivity index (χ0) is 12.6. The number of carbonyl (C=O) groups is 1. The number of ketones is 1. The van der Waals surface area contributed by atoms with Crippen LogP contribution in [0.5, 0.6) is 0 Å². The Morgan fingerprint density at radius 1 is 1.18 bits per heavy atom. The molecular weight excluding hydrogens is 364 g/mol. The summed E-state index contributed by atoms with van der Waals surface area (Å²) in [6.07, 6.45) is 0. The van der Waals surface area contributed by atoms with Gasteiger partial charge in [0.2, 0.25) is 0 Å². The van der Waals surface area contributed by atoms with Crippen molar-refractivity contribution in [3.05, 3.63) is 54.1 Å². The molecule has 0 radical (unpaired) electrons. The molecule has 1 aromatic heterocycles. The van der Waals surface area contributed by atoms with E-state index in [2.05, 4.69) is 31.9 Å². The van der Waals surface area contributed by atoms with Crippen molar-refractivity contribution in [3.8, 4) is 0 Å². The molecule has 0 saturated heterocycles. The Balaban J connectivity index is 2.51. The highest BCUT2D eigenvalue weighted by Crippen LogP contribution is 2.33. The molecule has 0 bridgehead atoms. The Bertz CT molecular complexity index is 587. The predicted octanol–water partition coefficient (Wildman–Crippen LogP) is 5.12. The first-order chi connectivity index (χ1) is 8.00. The number of hydrogen-bond acceptors (Lipinski definition) is 2. The Labute approximate surface area is 121 Å². The molecule has 2 rings (SSSR count). The molecule has 0 aliphatic heterocycles. The van der Waals surface area contributed by atoms with Crippen LogP contribution in [0.15, 0.2) is 31.8 Å². The number of hydrogen-bond donors (Lipinski definition) is 0. The van der Waals surface area contributed by atoms with Crippen LogP contribution in [0.4, 0.5) is 0 Å². The maximum Gasteiger partial charge on any atom is 0.195 e. The van der Waals surface area contributed by atoms with Crippen LogP contribution in [0.25, 0.3) is 0 Å². The molecule has 1 nitrogen and oxygen atoms in total. The molecule has 4 heteroatoms. The topological polar surface area (TPSA) is 17.1 Å². The van der Waals surface area contributed by atoms with Crippen molar-refractivity contribution >= 4 is 49.0 Å². The lowest BCUT2D eigenvalue weighted by Gasteiger charge is -2.06. The highest BCUT2D eigenvalue weighted by Gasteiger charge is 2.17. The molecule has 17 heavy (non-hydrogen) atoms. The molecule has 0 aliphatic rings. The van der Waals surface area contributed by atoms with Gasteiger partial charge in [0.25, 0.3) is 0 Å². The van der Waals surface area contributed by atoms with Gasteiger partial charge in [-0.15, -0.1) is 11.3 Å². The second-order valence-electron chi connectivity index (χ2n) is 3.81. The maximum atomic E-state index is 12.4. The number of halogens is 2. The highest BCUT2D eigenvalue weighted by molar-refractivity contribution is 9.12. The summed E-state index contributed by atoms with van der Waals surface area (Å²) in [5.41, 5.74) is 3.68. The molecule has 0 N–H and O–H groups in total. The Morgan fingerprint density at radius 2 is 1.88 bits per heavy atom. The summed E-state index contributed by atoms with van der Waals surface area (Å²) in [5.74, 6) is 0.0695.